The van der Waals surface area contributed by atoms with E-state index in [2.05, 4.69) is 50.4 Å². The summed E-state index contributed by atoms with van der Waals surface area (Å²) >= 11 is 0. The van der Waals surface area contributed by atoms with Gasteiger partial charge in [-0.2, -0.15) is 0 Å². The summed E-state index contributed by atoms with van der Waals surface area (Å²) in [5.74, 6) is 0.766. The van der Waals surface area contributed by atoms with Gasteiger partial charge >= 0.3 is 0 Å². The molecule has 0 aliphatic heterocycles. The van der Waals surface area contributed by atoms with E-state index in [1.807, 2.05) is 0 Å². The number of nitrogens with two attached hydrogens (primary N) is 1. The topological polar surface area (TPSA) is 43.3 Å². The fourth-order valence-corrected chi connectivity index (χ4v) is 2.27. The third-order valence-corrected chi connectivity index (χ3v) is 3.28. The van der Waals surface area contributed by atoms with Gasteiger partial charge in [0.1, 0.15) is 5.65 Å². The molecule has 0 bridgehead atoms. The molecule has 92 valence electrons. The highest BCUT2D eigenvalue weighted by Gasteiger charge is 2.19. The Hall–Kier alpha value is -1.35. The first-order chi connectivity index (χ1) is 8.06. The second-order valence-corrected chi connectivity index (χ2v) is 5.06. The van der Waals surface area contributed by atoms with Crippen molar-refractivity contribution < 1.29 is 0 Å². The van der Waals surface area contributed by atoms with Crippen LogP contribution in [0, 0.1) is 6.92 Å². The number of hydrogen-bond acceptors (Lipinski definition) is 2. The molecular weight excluding hydrogens is 210 g/mol. The number of aryl methyl sites for hydroxylation is 1. The average molecular weight is 231 g/mol. The van der Waals surface area contributed by atoms with E-state index in [-0.39, 0.29) is 0 Å². The van der Waals surface area contributed by atoms with Crippen LogP contribution in [0.3, 0.4) is 0 Å². The Morgan fingerprint density at radius 3 is 2.65 bits per heavy atom. The van der Waals surface area contributed by atoms with E-state index in [0.29, 0.717) is 18.4 Å². The Labute approximate surface area is 103 Å². The van der Waals surface area contributed by atoms with Gasteiger partial charge in [-0.1, -0.05) is 26.8 Å². The zero-order valence-corrected chi connectivity index (χ0v) is 11.1. The largest absolute Gasteiger partial charge is 0.330 e. The number of imidazole rings is 1. The fourth-order valence-electron chi connectivity index (χ4n) is 2.27. The lowest BCUT2D eigenvalue weighted by molar-refractivity contribution is 0.702. The number of aromatic nitrogens is 2. The fraction of sp³-hybridized carbons (Fsp3) is 0.500. The molecule has 17 heavy (non-hydrogen) atoms. The molecule has 1 unspecified atom stereocenters. The van der Waals surface area contributed by atoms with Crippen LogP contribution in [0.4, 0.5) is 0 Å². The lowest BCUT2D eigenvalue weighted by Gasteiger charge is -2.13. The van der Waals surface area contributed by atoms with Gasteiger partial charge in [0, 0.05) is 24.4 Å². The quantitative estimate of drug-likeness (QED) is 0.882. The van der Waals surface area contributed by atoms with Crippen molar-refractivity contribution in [3.63, 3.8) is 0 Å². The van der Waals surface area contributed by atoms with Gasteiger partial charge in [0.25, 0.3) is 0 Å². The van der Waals surface area contributed by atoms with Crippen LogP contribution in [0.5, 0.6) is 0 Å². The highest BCUT2D eigenvalue weighted by atomic mass is 15.0. The normalized spacial score (nSPS) is 13.5. The Bertz CT molecular complexity index is 525. The summed E-state index contributed by atoms with van der Waals surface area (Å²) in [6.45, 7) is 9.29. The molecule has 0 saturated heterocycles. The predicted octanol–water partition coefficient (Wildman–Crippen LogP) is 2.83. The highest BCUT2D eigenvalue weighted by Crippen LogP contribution is 2.27. The van der Waals surface area contributed by atoms with E-state index in [1.165, 1.54) is 17.0 Å². The molecule has 2 N–H and O–H groups in total. The van der Waals surface area contributed by atoms with E-state index >= 15 is 0 Å². The Kier molecular flexibility index (Phi) is 3.20. The number of pyridine rings is 1. The molecule has 0 saturated carbocycles. The second kappa shape index (κ2) is 4.49. The Balaban J connectivity index is 2.76. The summed E-state index contributed by atoms with van der Waals surface area (Å²) in [5.41, 5.74) is 10.5. The monoisotopic (exact) mass is 231 g/mol. The van der Waals surface area contributed by atoms with Crippen molar-refractivity contribution in [2.45, 2.75) is 39.5 Å². The van der Waals surface area contributed by atoms with Crippen LogP contribution in [0.25, 0.3) is 5.65 Å². The maximum Gasteiger partial charge on any atom is 0.140 e. The molecule has 3 heteroatoms. The van der Waals surface area contributed by atoms with Gasteiger partial charge in [-0.15, -0.1) is 0 Å². The molecule has 1 atom stereocenters. The summed E-state index contributed by atoms with van der Waals surface area (Å²) in [5, 5.41) is 0. The van der Waals surface area contributed by atoms with Gasteiger partial charge in [0.2, 0.25) is 0 Å². The first kappa shape index (κ1) is 12.1. The van der Waals surface area contributed by atoms with Gasteiger partial charge in [-0.3, -0.25) is 0 Å². The van der Waals surface area contributed by atoms with Crippen LogP contribution >= 0.6 is 0 Å². The SMILES string of the molecule is Cc1cccn2c(C(C)CN)c(C(C)C)nc12. The lowest BCUT2D eigenvalue weighted by atomic mass is 10.00. The average Bonchev–Trinajstić information content (AvgIpc) is 2.69. The molecule has 3 nitrogen and oxygen atoms in total. The van der Waals surface area contributed by atoms with E-state index in [9.17, 15) is 0 Å². The first-order valence-corrected chi connectivity index (χ1v) is 6.23. The molecule has 2 aromatic heterocycles. The van der Waals surface area contributed by atoms with Gasteiger partial charge in [-0.05, 0) is 24.5 Å². The highest BCUT2D eigenvalue weighted by molar-refractivity contribution is 5.51. The molecule has 2 aromatic rings. The van der Waals surface area contributed by atoms with Gasteiger partial charge in [0.15, 0.2) is 0 Å². The predicted molar refractivity (Wildman–Crippen MR) is 71.5 cm³/mol. The summed E-state index contributed by atoms with van der Waals surface area (Å²) in [6, 6.07) is 4.17. The third kappa shape index (κ3) is 1.95. The van der Waals surface area contributed by atoms with Crippen molar-refractivity contribution in [3.8, 4) is 0 Å². The number of nitrogens with zero attached hydrogens (tertiary/aromatic N) is 2. The first-order valence-electron chi connectivity index (χ1n) is 6.23. The molecule has 2 heterocycles. The molecule has 0 amide bonds. The van der Waals surface area contributed by atoms with E-state index < -0.39 is 0 Å². The van der Waals surface area contributed by atoms with Crippen molar-refractivity contribution in [1.82, 2.24) is 9.38 Å². The molecular formula is C14H21N3. The van der Waals surface area contributed by atoms with E-state index in [0.717, 1.165) is 5.65 Å². The molecule has 0 aromatic carbocycles. The standard InChI is InChI=1S/C14H21N3/c1-9(2)12-13(11(4)8-15)17-7-5-6-10(3)14(17)16-12/h5-7,9,11H,8,15H2,1-4H3. The van der Waals surface area contributed by atoms with Crippen LogP contribution in [0.1, 0.15) is 49.6 Å². The van der Waals surface area contributed by atoms with Gasteiger partial charge < -0.3 is 10.1 Å². The van der Waals surface area contributed by atoms with Crippen LogP contribution < -0.4 is 5.73 Å². The molecule has 2 rings (SSSR count). The number of hydrogen-bond donors (Lipinski definition) is 1. The minimum absolute atomic E-state index is 0.337. The van der Waals surface area contributed by atoms with Crippen molar-refractivity contribution in [2.75, 3.05) is 6.54 Å². The lowest BCUT2D eigenvalue weighted by Crippen LogP contribution is -2.13. The smallest absolute Gasteiger partial charge is 0.140 e. The number of fused-ring (bicyclic) bond motifs is 1. The van der Waals surface area contributed by atoms with Gasteiger partial charge in [0.05, 0.1) is 5.69 Å². The van der Waals surface area contributed by atoms with Crippen LogP contribution in [-0.4, -0.2) is 15.9 Å². The minimum atomic E-state index is 0.337. The molecule has 0 aliphatic carbocycles. The van der Waals surface area contributed by atoms with Crippen molar-refractivity contribution in [2.24, 2.45) is 5.73 Å². The molecule has 0 radical (unpaired) electrons. The summed E-state index contributed by atoms with van der Waals surface area (Å²) < 4.78 is 2.20. The summed E-state index contributed by atoms with van der Waals surface area (Å²) in [7, 11) is 0. The summed E-state index contributed by atoms with van der Waals surface area (Å²) in [6.07, 6.45) is 2.09. The zero-order valence-electron chi connectivity index (χ0n) is 11.1. The summed E-state index contributed by atoms with van der Waals surface area (Å²) in [4.78, 5) is 4.79. The minimum Gasteiger partial charge on any atom is -0.330 e. The van der Waals surface area contributed by atoms with Crippen molar-refractivity contribution in [3.05, 3.63) is 35.3 Å². The van der Waals surface area contributed by atoms with Crippen LogP contribution in [0.2, 0.25) is 0 Å². The molecule has 0 spiro atoms. The third-order valence-electron chi connectivity index (χ3n) is 3.28. The maximum absolute atomic E-state index is 5.82. The van der Waals surface area contributed by atoms with Crippen molar-refractivity contribution in [1.29, 1.82) is 0 Å². The van der Waals surface area contributed by atoms with Gasteiger partial charge in [-0.25, -0.2) is 4.98 Å². The van der Waals surface area contributed by atoms with Crippen LogP contribution in [-0.2, 0) is 0 Å². The molecule has 0 fully saturated rings. The maximum atomic E-state index is 5.82. The van der Waals surface area contributed by atoms with Crippen LogP contribution in [0.15, 0.2) is 18.3 Å². The Morgan fingerprint density at radius 1 is 1.35 bits per heavy atom. The zero-order chi connectivity index (χ0) is 12.6. The second-order valence-electron chi connectivity index (χ2n) is 5.06. The molecule has 0 aliphatic rings. The van der Waals surface area contributed by atoms with E-state index in [1.54, 1.807) is 0 Å². The van der Waals surface area contributed by atoms with E-state index in [4.69, 9.17) is 10.7 Å². The Morgan fingerprint density at radius 2 is 2.06 bits per heavy atom. The van der Waals surface area contributed by atoms with Crippen molar-refractivity contribution >= 4 is 5.65 Å². The number of rotatable bonds is 3.